The number of hydrogen-bond donors (Lipinski definition) is 2. The summed E-state index contributed by atoms with van der Waals surface area (Å²) in [5, 5.41) is 4.14. The Balaban J connectivity index is 0.00000208. The summed E-state index contributed by atoms with van der Waals surface area (Å²) >= 11 is 0. The summed E-state index contributed by atoms with van der Waals surface area (Å²) in [5.74, 6) is 0.871. The summed E-state index contributed by atoms with van der Waals surface area (Å²) in [7, 11) is 0. The van der Waals surface area contributed by atoms with Crippen LogP contribution < -0.4 is 11.1 Å². The smallest absolute Gasteiger partial charge is 0.221 e. The van der Waals surface area contributed by atoms with E-state index in [1.165, 1.54) is 19.3 Å². The highest BCUT2D eigenvalue weighted by Crippen LogP contribution is 2.38. The van der Waals surface area contributed by atoms with E-state index in [0.717, 1.165) is 29.6 Å². The first-order chi connectivity index (χ1) is 11.1. The second-order valence-corrected chi connectivity index (χ2v) is 6.92. The van der Waals surface area contributed by atoms with Gasteiger partial charge in [0.05, 0.1) is 6.04 Å². The molecule has 3 rings (SSSR count). The number of carbonyl (C=O) groups excluding carboxylic acids is 1. The molecule has 1 fully saturated rings. The molecule has 1 atom stereocenters. The van der Waals surface area contributed by atoms with Gasteiger partial charge in [-0.15, -0.1) is 12.4 Å². The summed E-state index contributed by atoms with van der Waals surface area (Å²) < 4.78 is 5.83. The molecule has 1 saturated carbocycles. The number of fused-ring (bicyclic) bond motifs is 1. The van der Waals surface area contributed by atoms with Gasteiger partial charge >= 0.3 is 0 Å². The van der Waals surface area contributed by atoms with Gasteiger partial charge in [-0.1, -0.05) is 37.5 Å². The Kier molecular flexibility index (Phi) is 6.30. The van der Waals surface area contributed by atoms with Crippen molar-refractivity contribution in [1.82, 2.24) is 5.32 Å². The molecule has 0 bridgehead atoms. The number of nitrogens with two attached hydrogens (primary N) is 1. The van der Waals surface area contributed by atoms with Crippen molar-refractivity contribution in [2.75, 3.05) is 6.54 Å². The van der Waals surface area contributed by atoms with Crippen LogP contribution in [0.25, 0.3) is 11.0 Å². The van der Waals surface area contributed by atoms with Gasteiger partial charge in [0, 0.05) is 11.8 Å². The molecule has 0 saturated heterocycles. The molecule has 0 aliphatic heterocycles. The van der Waals surface area contributed by atoms with Gasteiger partial charge < -0.3 is 15.5 Å². The second-order valence-electron chi connectivity index (χ2n) is 6.92. The number of benzene rings is 1. The fourth-order valence-corrected chi connectivity index (χ4v) is 3.67. The number of amides is 1. The molecule has 1 aliphatic carbocycles. The molecular weight excluding hydrogens is 324 g/mol. The Hall–Kier alpha value is -1.52. The predicted octanol–water partition coefficient (Wildman–Crippen LogP) is 4.33. The maximum absolute atomic E-state index is 12.5. The van der Waals surface area contributed by atoms with E-state index in [4.69, 9.17) is 10.2 Å². The van der Waals surface area contributed by atoms with Gasteiger partial charge in [0.2, 0.25) is 5.91 Å². The van der Waals surface area contributed by atoms with E-state index in [0.29, 0.717) is 13.0 Å². The molecule has 4 nitrogen and oxygen atoms in total. The minimum Gasteiger partial charge on any atom is -0.459 e. The number of nitrogens with one attached hydrogen (secondary N) is 1. The number of furan rings is 1. The van der Waals surface area contributed by atoms with Crippen LogP contribution in [-0.4, -0.2) is 12.5 Å². The highest BCUT2D eigenvalue weighted by molar-refractivity contribution is 5.85. The molecule has 5 heteroatoms. The van der Waals surface area contributed by atoms with Crippen LogP contribution in [-0.2, 0) is 4.79 Å². The zero-order valence-electron chi connectivity index (χ0n) is 14.2. The molecule has 1 aliphatic rings. The van der Waals surface area contributed by atoms with Crippen LogP contribution in [0.2, 0.25) is 0 Å². The van der Waals surface area contributed by atoms with Crippen molar-refractivity contribution in [1.29, 1.82) is 0 Å². The standard InChI is InChI=1S/C19H26N2O2.ClH/c1-14(17-11-15-7-3-4-8-16(15)23-17)21-18(22)12-19(13-20)9-5-2-6-10-19;/h3-4,7-8,11,14H,2,5-6,9-10,12-13,20H2,1H3,(H,21,22);1H. The van der Waals surface area contributed by atoms with Crippen LogP contribution in [0.5, 0.6) is 0 Å². The fourth-order valence-electron chi connectivity index (χ4n) is 3.67. The molecule has 1 unspecified atom stereocenters. The van der Waals surface area contributed by atoms with E-state index in [2.05, 4.69) is 5.32 Å². The average Bonchev–Trinajstić information content (AvgIpc) is 3.00. The van der Waals surface area contributed by atoms with Crippen molar-refractivity contribution < 1.29 is 9.21 Å². The van der Waals surface area contributed by atoms with Crippen molar-refractivity contribution in [3.63, 3.8) is 0 Å². The zero-order chi connectivity index (χ0) is 16.3. The largest absolute Gasteiger partial charge is 0.459 e. The van der Waals surface area contributed by atoms with Crippen molar-refractivity contribution in [3.05, 3.63) is 36.1 Å². The van der Waals surface area contributed by atoms with E-state index in [1.54, 1.807) is 0 Å². The number of para-hydroxylation sites is 1. The molecule has 1 amide bonds. The lowest BCUT2D eigenvalue weighted by molar-refractivity contribution is -0.124. The minimum absolute atomic E-state index is 0. The van der Waals surface area contributed by atoms with Crippen LogP contribution in [0.15, 0.2) is 34.7 Å². The minimum atomic E-state index is -0.131. The van der Waals surface area contributed by atoms with E-state index in [1.807, 2.05) is 37.3 Å². The number of hydrogen-bond acceptors (Lipinski definition) is 3. The van der Waals surface area contributed by atoms with Crippen LogP contribution in [0.4, 0.5) is 0 Å². The van der Waals surface area contributed by atoms with Gasteiger partial charge in [0.25, 0.3) is 0 Å². The van der Waals surface area contributed by atoms with Gasteiger partial charge in [-0.25, -0.2) is 0 Å². The topological polar surface area (TPSA) is 68.3 Å². The SMILES string of the molecule is CC(NC(=O)CC1(CN)CCCCC1)c1cc2ccccc2o1.Cl. The summed E-state index contributed by atoms with van der Waals surface area (Å²) in [6, 6.07) is 9.76. The van der Waals surface area contributed by atoms with Gasteiger partial charge in [-0.2, -0.15) is 0 Å². The number of carbonyl (C=O) groups is 1. The van der Waals surface area contributed by atoms with Crippen molar-refractivity contribution >= 4 is 29.3 Å². The summed E-state index contributed by atoms with van der Waals surface area (Å²) in [6.45, 7) is 2.56. The van der Waals surface area contributed by atoms with Crippen LogP contribution >= 0.6 is 12.4 Å². The van der Waals surface area contributed by atoms with Crippen molar-refractivity contribution in [3.8, 4) is 0 Å². The molecule has 1 aromatic carbocycles. The Labute approximate surface area is 149 Å². The first-order valence-corrected chi connectivity index (χ1v) is 8.60. The third kappa shape index (κ3) is 4.11. The number of halogens is 1. The molecule has 1 heterocycles. The van der Waals surface area contributed by atoms with Crippen LogP contribution in [0.1, 0.15) is 57.3 Å². The molecular formula is C19H27ClN2O2. The highest BCUT2D eigenvalue weighted by Gasteiger charge is 2.33. The van der Waals surface area contributed by atoms with Gasteiger partial charge in [-0.3, -0.25) is 4.79 Å². The molecule has 0 radical (unpaired) electrons. The van der Waals surface area contributed by atoms with E-state index < -0.39 is 0 Å². The van der Waals surface area contributed by atoms with E-state index in [9.17, 15) is 4.79 Å². The Morgan fingerprint density at radius 3 is 2.67 bits per heavy atom. The monoisotopic (exact) mass is 350 g/mol. The van der Waals surface area contributed by atoms with E-state index in [-0.39, 0.29) is 29.8 Å². The lowest BCUT2D eigenvalue weighted by Crippen LogP contribution is -2.39. The Morgan fingerprint density at radius 1 is 1.29 bits per heavy atom. The maximum Gasteiger partial charge on any atom is 0.221 e. The maximum atomic E-state index is 12.5. The second kappa shape index (κ2) is 8.04. The van der Waals surface area contributed by atoms with Gasteiger partial charge in [0.1, 0.15) is 11.3 Å². The van der Waals surface area contributed by atoms with Crippen LogP contribution in [0, 0.1) is 5.41 Å². The lowest BCUT2D eigenvalue weighted by atomic mass is 9.71. The predicted molar refractivity (Wildman–Crippen MR) is 99.2 cm³/mol. The summed E-state index contributed by atoms with van der Waals surface area (Å²) in [6.07, 6.45) is 6.28. The zero-order valence-corrected chi connectivity index (χ0v) is 15.0. The van der Waals surface area contributed by atoms with Gasteiger partial charge in [-0.05, 0) is 43.9 Å². The molecule has 132 valence electrons. The molecule has 1 aromatic heterocycles. The molecule has 24 heavy (non-hydrogen) atoms. The molecule has 2 aromatic rings. The molecule has 0 spiro atoms. The summed E-state index contributed by atoms with van der Waals surface area (Å²) in [5.41, 5.74) is 6.83. The van der Waals surface area contributed by atoms with Crippen molar-refractivity contribution in [2.45, 2.75) is 51.5 Å². The third-order valence-corrected chi connectivity index (χ3v) is 5.13. The fraction of sp³-hybridized carbons (Fsp3) is 0.526. The average molecular weight is 351 g/mol. The van der Waals surface area contributed by atoms with Crippen LogP contribution in [0.3, 0.4) is 0 Å². The quantitative estimate of drug-likeness (QED) is 0.843. The third-order valence-electron chi connectivity index (χ3n) is 5.13. The highest BCUT2D eigenvalue weighted by atomic mass is 35.5. The normalized spacial score (nSPS) is 17.9. The Bertz CT molecular complexity index is 644. The first kappa shape index (κ1) is 18.8. The van der Waals surface area contributed by atoms with E-state index >= 15 is 0 Å². The molecule has 3 N–H and O–H groups in total. The van der Waals surface area contributed by atoms with Crippen molar-refractivity contribution in [2.24, 2.45) is 11.1 Å². The Morgan fingerprint density at radius 2 is 2.00 bits per heavy atom. The summed E-state index contributed by atoms with van der Waals surface area (Å²) in [4.78, 5) is 12.5. The number of rotatable bonds is 5. The lowest BCUT2D eigenvalue weighted by Gasteiger charge is -2.35. The van der Waals surface area contributed by atoms with Gasteiger partial charge in [0.15, 0.2) is 0 Å². The first-order valence-electron chi connectivity index (χ1n) is 8.60.